The maximum Gasteiger partial charge on any atom is 0.583 e. The lowest BCUT2D eigenvalue weighted by molar-refractivity contribution is 0.274. The van der Waals surface area contributed by atoms with Crippen LogP contribution in [0, 0.1) is 25.1 Å². The largest absolute Gasteiger partial charge is 0.583 e. The number of oxime groups is 1. The lowest BCUT2D eigenvalue weighted by atomic mass is 9.75. The van der Waals surface area contributed by atoms with Gasteiger partial charge in [-0.3, -0.25) is 4.79 Å². The number of benzene rings is 3. The van der Waals surface area contributed by atoms with Crippen molar-refractivity contribution < 1.29 is 18.6 Å². The van der Waals surface area contributed by atoms with Crippen LogP contribution in [-0.2, 0) is 4.76 Å². The number of para-hydroxylation sites is 1. The normalized spacial score (nSPS) is 16.7. The van der Waals surface area contributed by atoms with Crippen molar-refractivity contribution in [2.45, 2.75) is 53.5 Å². The summed E-state index contributed by atoms with van der Waals surface area (Å²) in [5, 5.41) is 17.8. The molecule has 42 heavy (non-hydrogen) atoms. The zero-order valence-electron chi connectivity index (χ0n) is 24.6. The number of rotatable bonds is 5. The molecular formula is C33H35BFN3O4. The molecule has 4 aromatic rings. The van der Waals surface area contributed by atoms with Crippen molar-refractivity contribution in [2.75, 3.05) is 23.3 Å². The van der Waals surface area contributed by atoms with E-state index in [1.54, 1.807) is 12.1 Å². The number of hydrogen-bond acceptors (Lipinski definition) is 7. The first-order valence-electron chi connectivity index (χ1n) is 14.4. The van der Waals surface area contributed by atoms with E-state index in [-0.39, 0.29) is 22.4 Å². The summed E-state index contributed by atoms with van der Waals surface area (Å²) in [6, 6.07) is 14.4. The van der Waals surface area contributed by atoms with Crippen molar-refractivity contribution in [3.8, 4) is 11.1 Å². The third kappa shape index (κ3) is 4.96. The molecule has 3 aromatic carbocycles. The number of fused-ring (bicyclic) bond motifs is 2. The Morgan fingerprint density at radius 3 is 2.60 bits per heavy atom. The fourth-order valence-electron chi connectivity index (χ4n) is 6.01. The van der Waals surface area contributed by atoms with E-state index in [0.717, 1.165) is 42.7 Å². The summed E-state index contributed by atoms with van der Waals surface area (Å²) in [4.78, 5) is 15.8. The van der Waals surface area contributed by atoms with Gasteiger partial charge in [0.25, 0.3) is 0 Å². The Labute approximate surface area is 245 Å². The lowest BCUT2D eigenvalue weighted by Gasteiger charge is -2.37. The quantitative estimate of drug-likeness (QED) is 0.285. The number of anilines is 2. The van der Waals surface area contributed by atoms with Crippen LogP contribution >= 0.6 is 0 Å². The van der Waals surface area contributed by atoms with Gasteiger partial charge >= 0.3 is 7.12 Å². The first-order chi connectivity index (χ1) is 20.0. The maximum atomic E-state index is 15.7. The second kappa shape index (κ2) is 10.6. The second-order valence-corrected chi connectivity index (χ2v) is 12.3. The van der Waals surface area contributed by atoms with Crippen LogP contribution in [0.25, 0.3) is 22.1 Å². The predicted octanol–water partition coefficient (Wildman–Crippen LogP) is 6.07. The molecule has 6 rings (SSSR count). The summed E-state index contributed by atoms with van der Waals surface area (Å²) in [5.41, 5.74) is 5.54. The Bertz CT molecular complexity index is 1770. The van der Waals surface area contributed by atoms with Crippen LogP contribution in [0.3, 0.4) is 0 Å². The molecule has 0 aliphatic carbocycles. The summed E-state index contributed by atoms with van der Waals surface area (Å²) in [7, 11) is -1.31. The Morgan fingerprint density at radius 2 is 1.83 bits per heavy atom. The molecule has 0 radical (unpaired) electrons. The highest BCUT2D eigenvalue weighted by Crippen LogP contribution is 2.37. The zero-order valence-corrected chi connectivity index (χ0v) is 24.6. The van der Waals surface area contributed by atoms with Crippen LogP contribution in [0.2, 0.25) is 0 Å². The second-order valence-electron chi connectivity index (χ2n) is 12.3. The first kappa shape index (κ1) is 28.0. The molecule has 0 spiro atoms. The average molecular weight is 567 g/mol. The molecule has 0 unspecified atom stereocenters. The Kier molecular flexibility index (Phi) is 7.09. The molecule has 216 valence electrons. The van der Waals surface area contributed by atoms with E-state index >= 15 is 4.39 Å². The van der Waals surface area contributed by atoms with Crippen LogP contribution in [0.1, 0.15) is 61.9 Å². The predicted molar refractivity (Wildman–Crippen MR) is 167 cm³/mol. The Morgan fingerprint density at radius 1 is 1.10 bits per heavy atom. The van der Waals surface area contributed by atoms with Gasteiger partial charge in [0.05, 0.1) is 23.2 Å². The van der Waals surface area contributed by atoms with Crippen molar-refractivity contribution in [2.24, 2.45) is 10.6 Å². The molecule has 2 aliphatic heterocycles. The third-order valence-corrected chi connectivity index (χ3v) is 8.65. The minimum atomic E-state index is -1.31. The van der Waals surface area contributed by atoms with Gasteiger partial charge in [0.2, 0.25) is 5.88 Å². The fourth-order valence-corrected chi connectivity index (χ4v) is 6.01. The van der Waals surface area contributed by atoms with Crippen LogP contribution < -0.4 is 21.1 Å². The minimum absolute atomic E-state index is 0.0161. The van der Waals surface area contributed by atoms with Crippen LogP contribution in [-0.4, -0.2) is 31.4 Å². The minimum Gasteiger partial charge on any atom is -0.440 e. The maximum absolute atomic E-state index is 15.7. The van der Waals surface area contributed by atoms with E-state index in [0.29, 0.717) is 39.0 Å². The van der Waals surface area contributed by atoms with Crippen molar-refractivity contribution in [3.05, 3.63) is 86.8 Å². The van der Waals surface area contributed by atoms with Gasteiger partial charge in [-0.05, 0) is 56.7 Å². The number of hydrogen-bond donors (Lipinski definition) is 2. The summed E-state index contributed by atoms with van der Waals surface area (Å²) in [6.07, 6.45) is 3.34. The number of halogens is 1. The summed E-state index contributed by atoms with van der Waals surface area (Å²) in [6.45, 7) is 12.1. The number of nitrogens with one attached hydrogen (secondary N) is 1. The van der Waals surface area contributed by atoms with Crippen LogP contribution in [0.4, 0.5) is 16.0 Å². The highest BCUT2D eigenvalue weighted by Gasteiger charge is 2.30. The SMILES string of the molecule is Cc1cc([C@@H](C)Nc2ccccc2-c2ccc3c(c2F)C=NOB3O)c2oc(N3CCC(C)(C)CC3)c(C)c(=O)c2c1. The zero-order chi connectivity index (χ0) is 29.8. The van der Waals surface area contributed by atoms with Gasteiger partial charge in [0.15, 0.2) is 5.43 Å². The molecule has 1 fully saturated rings. The van der Waals surface area contributed by atoms with Gasteiger partial charge in [-0.2, -0.15) is 0 Å². The Balaban J connectivity index is 1.40. The molecule has 1 aromatic heterocycles. The van der Waals surface area contributed by atoms with E-state index in [1.165, 1.54) is 6.21 Å². The van der Waals surface area contributed by atoms with Gasteiger partial charge < -0.3 is 24.4 Å². The highest BCUT2D eigenvalue weighted by molar-refractivity contribution is 6.62. The smallest absolute Gasteiger partial charge is 0.440 e. The van der Waals surface area contributed by atoms with Gasteiger partial charge in [0, 0.05) is 46.5 Å². The van der Waals surface area contributed by atoms with Crippen molar-refractivity contribution in [1.82, 2.24) is 0 Å². The third-order valence-electron chi connectivity index (χ3n) is 8.65. The van der Waals surface area contributed by atoms with Crippen molar-refractivity contribution >= 4 is 41.3 Å². The molecule has 1 atom stereocenters. The fraction of sp³-hybridized carbons (Fsp3) is 0.333. The molecule has 0 bridgehead atoms. The molecule has 7 nitrogen and oxygen atoms in total. The van der Waals surface area contributed by atoms with Gasteiger partial charge in [0.1, 0.15) is 11.4 Å². The van der Waals surface area contributed by atoms with Gasteiger partial charge in [-0.1, -0.05) is 50.2 Å². The molecule has 0 saturated carbocycles. The molecule has 2 N–H and O–H groups in total. The van der Waals surface area contributed by atoms with E-state index < -0.39 is 12.9 Å². The standard InChI is InChI=1S/C33H35BFN3O4/c1-19-16-24(31-25(17-19)30(39)20(2)32(41-31)38-14-12-33(4,5)13-15-38)21(3)37-28-9-7-6-8-22(28)23-10-11-27-26(29(23)35)18-36-42-34(27)40/h6-11,16-18,21,37,40H,12-15H2,1-5H3/t21-/m1/s1. The van der Waals surface area contributed by atoms with Crippen molar-refractivity contribution in [3.63, 3.8) is 0 Å². The average Bonchev–Trinajstić information content (AvgIpc) is 2.96. The molecule has 2 aliphatic rings. The van der Waals surface area contributed by atoms with Crippen LogP contribution in [0.15, 0.2) is 62.9 Å². The lowest BCUT2D eigenvalue weighted by Crippen LogP contribution is -2.38. The molecule has 9 heteroatoms. The molecule has 3 heterocycles. The molecular weight excluding hydrogens is 532 g/mol. The van der Waals surface area contributed by atoms with E-state index in [9.17, 15) is 9.82 Å². The van der Waals surface area contributed by atoms with Crippen LogP contribution in [0.5, 0.6) is 0 Å². The monoisotopic (exact) mass is 567 g/mol. The van der Waals surface area contributed by atoms with E-state index in [4.69, 9.17) is 9.17 Å². The topological polar surface area (TPSA) is 87.3 Å². The highest BCUT2D eigenvalue weighted by atomic mass is 19.1. The number of aryl methyl sites for hydroxylation is 1. The van der Waals surface area contributed by atoms with Gasteiger partial charge in [-0.15, -0.1) is 5.16 Å². The number of piperidine rings is 1. The Hall–Kier alpha value is -4.11. The molecule has 1 saturated heterocycles. The number of nitrogens with zero attached hydrogens (tertiary/aromatic N) is 2. The summed E-state index contributed by atoms with van der Waals surface area (Å²) >= 11 is 0. The van der Waals surface area contributed by atoms with E-state index in [1.807, 2.05) is 57.2 Å². The summed E-state index contributed by atoms with van der Waals surface area (Å²) < 4.78 is 27.2. The van der Waals surface area contributed by atoms with Gasteiger partial charge in [-0.25, -0.2) is 4.39 Å². The first-order valence-corrected chi connectivity index (χ1v) is 14.4. The van der Waals surface area contributed by atoms with Crippen molar-refractivity contribution in [1.29, 1.82) is 0 Å². The van der Waals surface area contributed by atoms with E-state index in [2.05, 4.69) is 29.2 Å². The summed E-state index contributed by atoms with van der Waals surface area (Å²) in [5.74, 6) is 0.155. The molecule has 0 amide bonds.